The van der Waals surface area contributed by atoms with Crippen LogP contribution in [0, 0.1) is 0 Å². The van der Waals surface area contributed by atoms with E-state index < -0.39 is 0 Å². The number of benzene rings is 1. The van der Waals surface area contributed by atoms with E-state index in [0.717, 1.165) is 0 Å². The molecule has 3 heteroatoms. The number of hydrogen-bond acceptors (Lipinski definition) is 2. The predicted molar refractivity (Wildman–Crippen MR) is 36.9 cm³/mol. The molecule has 0 atom stereocenters. The van der Waals surface area contributed by atoms with E-state index in [2.05, 4.69) is 0 Å². The Labute approximate surface area is 95.9 Å². The normalized spacial score (nSPS) is 8.00. The third-order valence-corrected chi connectivity index (χ3v) is 0.830. The molecule has 0 spiro atoms. The van der Waals surface area contributed by atoms with Gasteiger partial charge in [0.25, 0.3) is 0 Å². The standard InChI is InChI=1S/C6H6O2.K.H/c7-5-2-1-3-6(8)4-5;;/h1-4,7-8H;;. The molecule has 0 saturated heterocycles. The zero-order valence-corrected chi connectivity index (χ0v) is 4.20. The molecule has 1 aromatic carbocycles. The minimum atomic E-state index is 0. The van der Waals surface area contributed by atoms with Crippen LogP contribution in [-0.2, 0) is 0 Å². The van der Waals surface area contributed by atoms with Crippen molar-refractivity contribution >= 4 is 51.4 Å². The quantitative estimate of drug-likeness (QED) is 0.527. The molecule has 0 heterocycles. The number of aromatic hydroxyl groups is 2. The molecular weight excluding hydrogens is 143 g/mol. The monoisotopic (exact) mass is 150 g/mol. The van der Waals surface area contributed by atoms with Crippen LogP contribution in [-0.4, -0.2) is 61.6 Å². The van der Waals surface area contributed by atoms with Crippen LogP contribution in [0.25, 0.3) is 0 Å². The molecule has 44 valence electrons. The van der Waals surface area contributed by atoms with E-state index in [1.807, 2.05) is 0 Å². The van der Waals surface area contributed by atoms with Gasteiger partial charge in [-0.05, 0) is 12.1 Å². The van der Waals surface area contributed by atoms with Crippen molar-refractivity contribution in [3.05, 3.63) is 24.3 Å². The molecule has 0 fully saturated rings. The van der Waals surface area contributed by atoms with Gasteiger partial charge in [-0.2, -0.15) is 0 Å². The summed E-state index contributed by atoms with van der Waals surface area (Å²) in [6, 6.07) is 5.85. The third-order valence-electron chi connectivity index (χ3n) is 0.830. The zero-order chi connectivity index (χ0) is 5.98. The first-order valence-electron chi connectivity index (χ1n) is 2.27. The second kappa shape index (κ2) is 4.30. The van der Waals surface area contributed by atoms with Gasteiger partial charge in [-0.25, -0.2) is 0 Å². The number of rotatable bonds is 0. The van der Waals surface area contributed by atoms with Gasteiger partial charge in [0.15, 0.2) is 0 Å². The summed E-state index contributed by atoms with van der Waals surface area (Å²) in [5.74, 6) is 0.176. The SMILES string of the molecule is Oc1cccc(O)c1.[KH]. The summed E-state index contributed by atoms with van der Waals surface area (Å²) in [5.41, 5.74) is 0. The summed E-state index contributed by atoms with van der Waals surface area (Å²) in [6.45, 7) is 0. The van der Waals surface area contributed by atoms with E-state index in [4.69, 9.17) is 10.2 Å². The summed E-state index contributed by atoms with van der Waals surface area (Å²) in [6.07, 6.45) is 0. The van der Waals surface area contributed by atoms with Crippen LogP contribution >= 0.6 is 0 Å². The molecule has 2 N–H and O–H groups in total. The molecule has 0 radical (unpaired) electrons. The fraction of sp³-hybridized carbons (Fsp3) is 0. The Morgan fingerprint density at radius 2 is 1.44 bits per heavy atom. The Morgan fingerprint density at radius 1 is 1.00 bits per heavy atom. The second-order valence-corrected chi connectivity index (χ2v) is 1.52. The number of phenolic OH excluding ortho intramolecular Hbond substituents is 2. The van der Waals surface area contributed by atoms with Gasteiger partial charge >= 0.3 is 51.4 Å². The van der Waals surface area contributed by atoms with Crippen LogP contribution in [0.4, 0.5) is 0 Å². The molecule has 1 rings (SSSR count). The summed E-state index contributed by atoms with van der Waals surface area (Å²) in [5, 5.41) is 17.3. The average molecular weight is 150 g/mol. The molecule has 0 saturated carbocycles. The minimum absolute atomic E-state index is 0. The van der Waals surface area contributed by atoms with Crippen LogP contribution in [0.2, 0.25) is 0 Å². The Morgan fingerprint density at radius 3 is 1.67 bits per heavy atom. The molecule has 1 aromatic rings. The van der Waals surface area contributed by atoms with E-state index in [1.165, 1.54) is 18.2 Å². The molecule has 0 amide bonds. The van der Waals surface area contributed by atoms with Gasteiger partial charge < -0.3 is 10.2 Å². The van der Waals surface area contributed by atoms with Gasteiger partial charge in [-0.1, -0.05) is 6.07 Å². The summed E-state index contributed by atoms with van der Waals surface area (Å²) >= 11 is 0. The molecule has 0 aromatic heterocycles. The molecule has 0 aliphatic carbocycles. The summed E-state index contributed by atoms with van der Waals surface area (Å²) in [4.78, 5) is 0. The fourth-order valence-electron chi connectivity index (χ4n) is 0.493. The molecule has 0 bridgehead atoms. The first-order chi connectivity index (χ1) is 3.79. The van der Waals surface area contributed by atoms with E-state index in [-0.39, 0.29) is 62.9 Å². The van der Waals surface area contributed by atoms with Gasteiger partial charge in [0.1, 0.15) is 11.5 Å². The number of phenols is 2. The van der Waals surface area contributed by atoms with Gasteiger partial charge in [-0.15, -0.1) is 0 Å². The molecule has 0 aliphatic rings. The maximum absolute atomic E-state index is 8.65. The molecule has 0 aliphatic heterocycles. The zero-order valence-electron chi connectivity index (χ0n) is 4.20. The third kappa shape index (κ3) is 3.22. The van der Waals surface area contributed by atoms with Crippen LogP contribution in [0.5, 0.6) is 11.5 Å². The number of hydrogen-bond donors (Lipinski definition) is 2. The first kappa shape index (κ1) is 9.46. The van der Waals surface area contributed by atoms with Crippen molar-refractivity contribution in [2.75, 3.05) is 0 Å². The van der Waals surface area contributed by atoms with E-state index in [9.17, 15) is 0 Å². The average Bonchev–Trinajstić information content (AvgIpc) is 1.64. The van der Waals surface area contributed by atoms with Crippen molar-refractivity contribution in [2.24, 2.45) is 0 Å². The van der Waals surface area contributed by atoms with Crippen LogP contribution in [0.3, 0.4) is 0 Å². The van der Waals surface area contributed by atoms with Gasteiger partial charge in [0.2, 0.25) is 0 Å². The predicted octanol–water partition coefficient (Wildman–Crippen LogP) is 0.449. The van der Waals surface area contributed by atoms with Crippen molar-refractivity contribution in [2.45, 2.75) is 0 Å². The molecule has 9 heavy (non-hydrogen) atoms. The van der Waals surface area contributed by atoms with Crippen LogP contribution < -0.4 is 0 Å². The van der Waals surface area contributed by atoms with E-state index >= 15 is 0 Å². The maximum atomic E-state index is 8.65. The van der Waals surface area contributed by atoms with Crippen molar-refractivity contribution in [1.29, 1.82) is 0 Å². The fourth-order valence-corrected chi connectivity index (χ4v) is 0.493. The molecular formula is C6H7KO2. The van der Waals surface area contributed by atoms with Crippen molar-refractivity contribution in [3.8, 4) is 11.5 Å². The van der Waals surface area contributed by atoms with Crippen molar-refractivity contribution in [1.82, 2.24) is 0 Å². The summed E-state index contributed by atoms with van der Waals surface area (Å²) < 4.78 is 0. The van der Waals surface area contributed by atoms with Gasteiger partial charge in [0.05, 0.1) is 0 Å². The van der Waals surface area contributed by atoms with E-state index in [1.54, 1.807) is 6.07 Å². The van der Waals surface area contributed by atoms with Crippen molar-refractivity contribution in [3.63, 3.8) is 0 Å². The Balaban J connectivity index is 0.000000640. The van der Waals surface area contributed by atoms with Gasteiger partial charge in [0, 0.05) is 6.07 Å². The van der Waals surface area contributed by atoms with E-state index in [0.29, 0.717) is 0 Å². The second-order valence-electron chi connectivity index (χ2n) is 1.52. The summed E-state index contributed by atoms with van der Waals surface area (Å²) in [7, 11) is 0. The Bertz CT molecular complexity index is 171. The van der Waals surface area contributed by atoms with Crippen LogP contribution in [0.1, 0.15) is 0 Å². The topological polar surface area (TPSA) is 40.5 Å². The van der Waals surface area contributed by atoms with Crippen LogP contribution in [0.15, 0.2) is 24.3 Å². The first-order valence-corrected chi connectivity index (χ1v) is 2.27. The Hall–Kier alpha value is 0.456. The molecule has 2 nitrogen and oxygen atoms in total. The van der Waals surface area contributed by atoms with Gasteiger partial charge in [-0.3, -0.25) is 0 Å². The molecule has 0 unspecified atom stereocenters. The Kier molecular flexibility index (Phi) is 4.52. The van der Waals surface area contributed by atoms with Crippen molar-refractivity contribution < 1.29 is 10.2 Å².